The monoisotopic (exact) mass is 567 g/mol. The zero-order chi connectivity index (χ0) is 29.0. The molecule has 1 heterocycles. The number of sulfonamides is 1. The van der Waals surface area contributed by atoms with Gasteiger partial charge in [0, 0.05) is 19.6 Å². The van der Waals surface area contributed by atoms with Crippen LogP contribution in [0.5, 0.6) is 11.5 Å². The predicted octanol–water partition coefficient (Wildman–Crippen LogP) is 1.84. The maximum Gasteiger partial charge on any atom is 0.261 e. The molecule has 0 aromatic heterocycles. The van der Waals surface area contributed by atoms with Gasteiger partial charge in [-0.1, -0.05) is 0 Å². The number of nitrogens with one attached hydrogen (secondary N) is 3. The average molecular weight is 568 g/mol. The van der Waals surface area contributed by atoms with Crippen molar-refractivity contribution in [2.24, 2.45) is 4.99 Å². The number of ether oxygens (including phenoxy) is 2. The van der Waals surface area contributed by atoms with E-state index in [1.54, 1.807) is 5.48 Å². The van der Waals surface area contributed by atoms with Gasteiger partial charge in [0.2, 0.25) is 17.4 Å². The van der Waals surface area contributed by atoms with Crippen LogP contribution in [0.4, 0.5) is 8.78 Å². The first-order valence-corrected chi connectivity index (χ1v) is 13.4. The Morgan fingerprint density at radius 1 is 1.23 bits per heavy atom. The molecule has 0 bridgehead atoms. The van der Waals surface area contributed by atoms with Gasteiger partial charge in [-0.2, -0.15) is 9.98 Å². The Morgan fingerprint density at radius 2 is 1.97 bits per heavy atom. The van der Waals surface area contributed by atoms with E-state index >= 15 is 0 Å². The Balaban J connectivity index is 1.62. The van der Waals surface area contributed by atoms with Crippen molar-refractivity contribution in [1.82, 2.24) is 20.4 Å². The number of aliphatic imine (C=N–C) groups is 1. The first-order chi connectivity index (χ1) is 19.2. The molecule has 4 N–H and O–H groups in total. The van der Waals surface area contributed by atoms with E-state index in [2.05, 4.69) is 20.2 Å². The molecule has 2 aromatic carbocycles. The molecule has 1 atom stereocenters. The SMILES string of the molecule is [2H]ONC(=O)[C@H](CCCCN=C(NC#N)N1CCOCC1)NS(=O)(=O)c1ccc(Oc2ccc(F)cc2)c(F)c1. The minimum atomic E-state index is -4.38. The minimum Gasteiger partial charge on any atom is -0.454 e. The van der Waals surface area contributed by atoms with Crippen LogP contribution in [0.3, 0.4) is 0 Å². The van der Waals surface area contributed by atoms with Crippen molar-refractivity contribution in [2.75, 3.05) is 32.8 Å². The topological polar surface area (TPSA) is 165 Å². The number of benzene rings is 2. The number of halogens is 2. The summed E-state index contributed by atoms with van der Waals surface area (Å²) in [5.74, 6) is -2.16. The number of carbonyl (C=O) groups excluding carboxylic acids is 1. The fourth-order valence-electron chi connectivity index (χ4n) is 3.62. The summed E-state index contributed by atoms with van der Waals surface area (Å²) < 4.78 is 73.1. The maximum atomic E-state index is 14.6. The number of carbonyl (C=O) groups is 1. The molecule has 3 rings (SSSR count). The number of guanidine groups is 1. The van der Waals surface area contributed by atoms with Crippen molar-refractivity contribution in [3.63, 3.8) is 0 Å². The molecule has 0 aliphatic carbocycles. The van der Waals surface area contributed by atoms with Gasteiger partial charge >= 0.3 is 0 Å². The molecule has 1 saturated heterocycles. The molecule has 1 aliphatic rings. The zero-order valence-corrected chi connectivity index (χ0v) is 21.5. The molecule has 0 saturated carbocycles. The number of hydrogen-bond acceptors (Lipinski definition) is 8. The lowest BCUT2D eigenvalue weighted by Crippen LogP contribution is -2.46. The van der Waals surface area contributed by atoms with E-state index in [1.807, 2.05) is 11.1 Å². The van der Waals surface area contributed by atoms with Gasteiger partial charge in [0.25, 0.3) is 5.91 Å². The summed E-state index contributed by atoms with van der Waals surface area (Å²) in [4.78, 5) is 18.1. The molecule has 2 aromatic rings. The number of hydroxylamine groups is 1. The highest BCUT2D eigenvalue weighted by molar-refractivity contribution is 7.89. The number of morpholine rings is 1. The third kappa shape index (κ3) is 8.86. The minimum absolute atomic E-state index is 0.0107. The highest BCUT2D eigenvalue weighted by atomic mass is 32.2. The molecule has 1 amide bonds. The first-order valence-electron chi connectivity index (χ1n) is 12.3. The summed E-state index contributed by atoms with van der Waals surface area (Å²) in [6.45, 7) is 2.46. The summed E-state index contributed by atoms with van der Waals surface area (Å²) in [6, 6.07) is 6.38. The number of unbranched alkanes of at least 4 members (excludes halogenated alkanes) is 1. The van der Waals surface area contributed by atoms with Gasteiger partial charge in [-0.05, 0) is 61.7 Å². The highest BCUT2D eigenvalue weighted by Crippen LogP contribution is 2.27. The lowest BCUT2D eigenvalue weighted by atomic mass is 10.1. The van der Waals surface area contributed by atoms with Crippen LogP contribution < -0.4 is 20.3 Å². The van der Waals surface area contributed by atoms with Crippen molar-refractivity contribution in [1.29, 1.82) is 5.26 Å². The average Bonchev–Trinajstić information content (AvgIpc) is 2.94. The van der Waals surface area contributed by atoms with Gasteiger partial charge in [-0.3, -0.25) is 20.3 Å². The molecular weight excluding hydrogens is 538 g/mol. The summed E-state index contributed by atoms with van der Waals surface area (Å²) in [5.41, 5.74) is 1.78. The lowest BCUT2D eigenvalue weighted by molar-refractivity contribution is -0.131. The molecule has 0 unspecified atom stereocenters. The molecular formula is C24H28F2N6O6S. The van der Waals surface area contributed by atoms with Crippen molar-refractivity contribution in [3.8, 4) is 17.7 Å². The van der Waals surface area contributed by atoms with Crippen LogP contribution in [0.2, 0.25) is 1.43 Å². The van der Waals surface area contributed by atoms with E-state index in [1.165, 1.54) is 12.1 Å². The van der Waals surface area contributed by atoms with E-state index < -0.39 is 38.5 Å². The largest absolute Gasteiger partial charge is 0.454 e. The molecule has 1 aliphatic heterocycles. The summed E-state index contributed by atoms with van der Waals surface area (Å²) in [7, 11) is -4.38. The third-order valence-corrected chi connectivity index (χ3v) is 7.08. The van der Waals surface area contributed by atoms with Gasteiger partial charge in [0.15, 0.2) is 17.8 Å². The summed E-state index contributed by atoms with van der Waals surface area (Å²) in [6.07, 6.45) is 2.63. The Morgan fingerprint density at radius 3 is 2.64 bits per heavy atom. The summed E-state index contributed by atoms with van der Waals surface area (Å²) in [5, 5.41) is 15.4. The lowest BCUT2D eigenvalue weighted by Gasteiger charge is -2.28. The van der Waals surface area contributed by atoms with Crippen molar-refractivity contribution >= 4 is 21.9 Å². The number of hydrogen-bond donors (Lipinski definition) is 4. The van der Waals surface area contributed by atoms with E-state index in [0.29, 0.717) is 45.1 Å². The maximum absolute atomic E-state index is 14.6. The Labute approximate surface area is 225 Å². The molecule has 0 radical (unpaired) electrons. The molecule has 15 heteroatoms. The fraction of sp³-hybridized carbons (Fsp3) is 0.375. The van der Waals surface area contributed by atoms with Crippen molar-refractivity contribution in [2.45, 2.75) is 30.2 Å². The van der Waals surface area contributed by atoms with Gasteiger partial charge in [-0.25, -0.2) is 22.7 Å². The number of nitriles is 1. The van der Waals surface area contributed by atoms with Gasteiger partial charge in [0.05, 0.1) is 18.1 Å². The zero-order valence-electron chi connectivity index (χ0n) is 21.7. The van der Waals surface area contributed by atoms with E-state index in [0.717, 1.165) is 30.3 Å². The van der Waals surface area contributed by atoms with Crippen molar-refractivity contribution < 1.29 is 38.1 Å². The standard InChI is InChI=1S/C24H28F2N6O6S/c25-17-4-6-18(7-5-17)38-22-9-8-19(15-20(22)26)39(35,36)31-21(23(33)30-34)3-1-2-10-28-24(29-16-27)32-11-13-37-14-12-32/h4-9,15,21,31,34H,1-3,10-14H2,(H,28,29)(H,30,33)/t21-/m0/s1/i/hD. The van der Waals surface area contributed by atoms with Gasteiger partial charge in [0.1, 0.15) is 17.6 Å². The summed E-state index contributed by atoms with van der Waals surface area (Å²) >= 11 is 0. The normalized spacial score (nSPS) is 15.2. The highest BCUT2D eigenvalue weighted by Gasteiger charge is 2.26. The second-order valence-electron chi connectivity index (χ2n) is 8.33. The number of amides is 1. The number of rotatable bonds is 12. The van der Waals surface area contributed by atoms with Crippen LogP contribution in [-0.4, -0.2) is 69.3 Å². The Bertz CT molecular complexity index is 1320. The van der Waals surface area contributed by atoms with Crippen molar-refractivity contribution in [3.05, 3.63) is 54.1 Å². The number of nitrogens with zero attached hydrogens (tertiary/aromatic N) is 3. The third-order valence-electron chi connectivity index (χ3n) is 5.61. The quantitative estimate of drug-likeness (QED) is 0.0569. The smallest absolute Gasteiger partial charge is 0.261 e. The molecule has 1 fully saturated rings. The Kier molecular flexibility index (Phi) is 10.4. The molecule has 39 heavy (non-hydrogen) atoms. The van der Waals surface area contributed by atoms with Gasteiger partial charge < -0.3 is 14.4 Å². The second kappa shape index (κ2) is 14.4. The van der Waals surface area contributed by atoms with Crippen LogP contribution >= 0.6 is 0 Å². The fourth-order valence-corrected chi connectivity index (χ4v) is 4.86. The van der Waals surface area contributed by atoms with E-state index in [-0.39, 0.29) is 24.5 Å². The first kappa shape index (κ1) is 28.2. The van der Waals surface area contributed by atoms with Crippen LogP contribution in [0.15, 0.2) is 52.4 Å². The Hall–Kier alpha value is -3.84. The van der Waals surface area contributed by atoms with E-state index in [4.69, 9.17) is 16.2 Å². The van der Waals surface area contributed by atoms with Crippen LogP contribution in [0.25, 0.3) is 0 Å². The van der Waals surface area contributed by atoms with Crippen LogP contribution in [-0.2, 0) is 19.6 Å². The molecule has 0 spiro atoms. The predicted molar refractivity (Wildman–Crippen MR) is 134 cm³/mol. The van der Waals surface area contributed by atoms with Crippen LogP contribution in [0.1, 0.15) is 19.3 Å². The molecule has 12 nitrogen and oxygen atoms in total. The van der Waals surface area contributed by atoms with Crippen LogP contribution in [0, 0.1) is 23.1 Å². The van der Waals surface area contributed by atoms with E-state index in [9.17, 15) is 22.0 Å². The van der Waals surface area contributed by atoms with Gasteiger partial charge in [-0.15, -0.1) is 0 Å². The second-order valence-corrected chi connectivity index (χ2v) is 10.0. The molecule has 210 valence electrons.